The quantitative estimate of drug-likeness (QED) is 0.511. The highest BCUT2D eigenvalue weighted by molar-refractivity contribution is 6.48. The maximum atomic E-state index is 11.7. The number of amides is 1. The van der Waals surface area contributed by atoms with Gasteiger partial charge in [0.15, 0.2) is 0 Å². The summed E-state index contributed by atoms with van der Waals surface area (Å²) in [6.07, 6.45) is -0.0655. The Kier molecular flexibility index (Phi) is 4.65. The van der Waals surface area contributed by atoms with Gasteiger partial charge in [-0.3, -0.25) is 5.32 Å². The van der Waals surface area contributed by atoms with Gasteiger partial charge in [0.05, 0.1) is 27.4 Å². The minimum atomic E-state index is -0.633. The molecule has 0 bridgehead atoms. The first-order valence-corrected chi connectivity index (χ1v) is 8.37. The van der Waals surface area contributed by atoms with E-state index in [4.69, 9.17) is 51.1 Å². The molecule has 0 saturated carbocycles. The van der Waals surface area contributed by atoms with E-state index in [0.717, 1.165) is 22.3 Å². The summed E-state index contributed by atoms with van der Waals surface area (Å²) in [7, 11) is 0. The van der Waals surface area contributed by atoms with Crippen molar-refractivity contribution in [2.24, 2.45) is 0 Å². The summed E-state index contributed by atoms with van der Waals surface area (Å²) < 4.78 is 4.86. The first-order valence-electron chi connectivity index (χ1n) is 6.86. The van der Waals surface area contributed by atoms with Crippen LogP contribution < -0.4 is 5.32 Å². The number of hydrogen-bond donors (Lipinski definition) is 1. The van der Waals surface area contributed by atoms with Gasteiger partial charge in [-0.25, -0.2) is 4.79 Å². The fourth-order valence-corrected chi connectivity index (χ4v) is 3.77. The van der Waals surface area contributed by atoms with E-state index in [-0.39, 0.29) is 17.3 Å². The highest BCUT2D eigenvalue weighted by Gasteiger charge is 2.29. The zero-order valence-corrected chi connectivity index (χ0v) is 15.0. The van der Waals surface area contributed by atoms with Gasteiger partial charge in [0.25, 0.3) is 0 Å². The largest absolute Gasteiger partial charge is 0.450 e. The summed E-state index contributed by atoms with van der Waals surface area (Å²) in [6, 6.07) is 5.55. The normalized spacial score (nSPS) is 11.9. The first kappa shape index (κ1) is 16.7. The zero-order chi connectivity index (χ0) is 16.7. The molecular weight excluding hydrogens is 380 g/mol. The molecule has 0 unspecified atom stereocenters. The van der Waals surface area contributed by atoms with E-state index in [1.165, 1.54) is 0 Å². The SMILES string of the molecule is CCOC(=O)Nc1c(Cl)c(Cl)c2c(c1Cl)Cc1cc(Cl)ccc1-2. The Morgan fingerprint density at radius 1 is 1.17 bits per heavy atom. The lowest BCUT2D eigenvalue weighted by molar-refractivity contribution is 0.168. The number of carbonyl (C=O) groups is 1. The Morgan fingerprint density at radius 2 is 1.91 bits per heavy atom. The van der Waals surface area contributed by atoms with Crippen molar-refractivity contribution in [2.45, 2.75) is 13.3 Å². The van der Waals surface area contributed by atoms with Gasteiger partial charge in [-0.2, -0.15) is 0 Å². The van der Waals surface area contributed by atoms with Crippen LogP contribution in [-0.2, 0) is 11.2 Å². The molecule has 3 nitrogen and oxygen atoms in total. The lowest BCUT2D eigenvalue weighted by atomic mass is 10.0. The molecule has 0 fully saturated rings. The smallest absolute Gasteiger partial charge is 0.411 e. The summed E-state index contributed by atoms with van der Waals surface area (Å²) in [5, 5.41) is 4.08. The summed E-state index contributed by atoms with van der Waals surface area (Å²) in [5.41, 5.74) is 3.81. The van der Waals surface area contributed by atoms with E-state index < -0.39 is 6.09 Å². The highest BCUT2D eigenvalue weighted by Crippen LogP contribution is 2.51. The van der Waals surface area contributed by atoms with E-state index in [0.29, 0.717) is 21.5 Å². The first-order chi connectivity index (χ1) is 10.9. The van der Waals surface area contributed by atoms with E-state index in [1.807, 2.05) is 12.1 Å². The van der Waals surface area contributed by atoms with E-state index in [9.17, 15) is 4.79 Å². The molecular formula is C16H11Cl4NO2. The molecule has 0 heterocycles. The van der Waals surface area contributed by atoms with Crippen molar-refractivity contribution in [3.05, 3.63) is 49.4 Å². The maximum Gasteiger partial charge on any atom is 0.411 e. The lowest BCUT2D eigenvalue weighted by Crippen LogP contribution is -2.14. The number of ether oxygens (including phenoxy) is 1. The second-order valence-corrected chi connectivity index (χ2v) is 6.56. The predicted molar refractivity (Wildman–Crippen MR) is 95.4 cm³/mol. The zero-order valence-electron chi connectivity index (χ0n) is 12.0. The van der Waals surface area contributed by atoms with Crippen LogP contribution in [0.3, 0.4) is 0 Å². The molecule has 2 aromatic carbocycles. The van der Waals surface area contributed by atoms with Gasteiger partial charge in [-0.15, -0.1) is 0 Å². The van der Waals surface area contributed by atoms with Crippen LogP contribution in [0.5, 0.6) is 0 Å². The van der Waals surface area contributed by atoms with Crippen LogP contribution in [-0.4, -0.2) is 12.7 Å². The third kappa shape index (κ3) is 2.87. The Labute approximate surface area is 153 Å². The average molecular weight is 391 g/mol. The Hall–Kier alpha value is -1.13. The number of rotatable bonds is 2. The number of fused-ring (bicyclic) bond motifs is 3. The van der Waals surface area contributed by atoms with Crippen LogP contribution in [0.4, 0.5) is 10.5 Å². The fraction of sp³-hybridized carbons (Fsp3) is 0.188. The van der Waals surface area contributed by atoms with E-state index >= 15 is 0 Å². The van der Waals surface area contributed by atoms with Crippen molar-refractivity contribution < 1.29 is 9.53 Å². The molecule has 1 N–H and O–H groups in total. The third-order valence-electron chi connectivity index (χ3n) is 3.62. The van der Waals surface area contributed by atoms with Gasteiger partial charge in [-0.1, -0.05) is 52.5 Å². The molecule has 1 amide bonds. The molecule has 1 aliphatic carbocycles. The predicted octanol–water partition coefficient (Wildman–Crippen LogP) is 6.44. The molecule has 7 heteroatoms. The highest BCUT2D eigenvalue weighted by atomic mass is 35.5. The van der Waals surface area contributed by atoms with Crippen molar-refractivity contribution in [3.63, 3.8) is 0 Å². The topological polar surface area (TPSA) is 38.3 Å². The van der Waals surface area contributed by atoms with Crippen molar-refractivity contribution in [2.75, 3.05) is 11.9 Å². The molecule has 2 aromatic rings. The number of benzene rings is 2. The van der Waals surface area contributed by atoms with Crippen molar-refractivity contribution in [1.29, 1.82) is 0 Å². The Bertz CT molecular complexity index is 820. The summed E-state index contributed by atoms with van der Waals surface area (Å²) in [6.45, 7) is 1.95. The number of carbonyl (C=O) groups excluding carboxylic acids is 1. The van der Waals surface area contributed by atoms with Gasteiger partial charge >= 0.3 is 6.09 Å². The molecule has 0 spiro atoms. The second kappa shape index (κ2) is 6.40. The van der Waals surface area contributed by atoms with Crippen LogP contribution >= 0.6 is 46.4 Å². The molecule has 0 radical (unpaired) electrons. The monoisotopic (exact) mass is 389 g/mol. The van der Waals surface area contributed by atoms with Gasteiger partial charge in [0, 0.05) is 17.0 Å². The van der Waals surface area contributed by atoms with E-state index in [2.05, 4.69) is 5.32 Å². The van der Waals surface area contributed by atoms with Gasteiger partial charge in [0.2, 0.25) is 0 Å². The average Bonchev–Trinajstić information content (AvgIpc) is 2.88. The third-order valence-corrected chi connectivity index (χ3v) is 5.13. The van der Waals surface area contributed by atoms with Crippen molar-refractivity contribution >= 4 is 58.2 Å². The molecule has 0 saturated heterocycles. The standard InChI is InChI=1S/C16H11Cl4NO2/c1-2-23-16(22)21-15-12(18)10-6-7-5-8(17)3-4-9(7)11(10)13(19)14(15)20/h3-5H,2,6H2,1H3,(H,21,22). The molecule has 0 atom stereocenters. The fourth-order valence-electron chi connectivity index (χ4n) is 2.68. The Morgan fingerprint density at radius 3 is 2.61 bits per heavy atom. The van der Waals surface area contributed by atoms with Crippen molar-refractivity contribution in [3.8, 4) is 11.1 Å². The Balaban J connectivity index is 2.13. The second-order valence-electron chi connectivity index (χ2n) is 4.99. The molecule has 3 rings (SSSR count). The maximum absolute atomic E-state index is 11.7. The van der Waals surface area contributed by atoms with Crippen LogP contribution in [0.1, 0.15) is 18.1 Å². The van der Waals surface area contributed by atoms with Gasteiger partial charge in [0.1, 0.15) is 0 Å². The summed E-state index contributed by atoms with van der Waals surface area (Å²) >= 11 is 25.2. The molecule has 1 aliphatic rings. The summed E-state index contributed by atoms with van der Waals surface area (Å²) in [4.78, 5) is 11.7. The molecule has 23 heavy (non-hydrogen) atoms. The van der Waals surface area contributed by atoms with E-state index in [1.54, 1.807) is 13.0 Å². The van der Waals surface area contributed by atoms with Crippen LogP contribution in [0, 0.1) is 0 Å². The summed E-state index contributed by atoms with van der Waals surface area (Å²) in [5.74, 6) is 0. The molecule has 0 aromatic heterocycles. The van der Waals surface area contributed by atoms with Gasteiger partial charge in [-0.05, 0) is 35.7 Å². The lowest BCUT2D eigenvalue weighted by Gasteiger charge is -2.15. The van der Waals surface area contributed by atoms with Gasteiger partial charge < -0.3 is 4.74 Å². The minimum absolute atomic E-state index is 0.186. The van der Waals surface area contributed by atoms with Crippen LogP contribution in [0.2, 0.25) is 20.1 Å². The molecule has 0 aliphatic heterocycles. The van der Waals surface area contributed by atoms with Crippen molar-refractivity contribution in [1.82, 2.24) is 0 Å². The van der Waals surface area contributed by atoms with Crippen LogP contribution in [0.25, 0.3) is 11.1 Å². The number of anilines is 1. The number of halogens is 4. The number of hydrogen-bond acceptors (Lipinski definition) is 2. The van der Waals surface area contributed by atoms with Crippen LogP contribution in [0.15, 0.2) is 18.2 Å². The number of nitrogens with one attached hydrogen (secondary N) is 1. The molecule has 120 valence electrons. The minimum Gasteiger partial charge on any atom is -0.450 e.